The molecule has 0 aliphatic carbocycles. The molecule has 1 N–H and O–H groups in total. The minimum Gasteiger partial charge on any atom is -0.323 e. The van der Waals surface area contributed by atoms with Crippen LogP contribution in [0.15, 0.2) is 47.7 Å². The molecule has 0 aliphatic heterocycles. The normalized spacial score (nSPS) is 11.4. The predicted molar refractivity (Wildman–Crippen MR) is 75.5 cm³/mol. The van der Waals surface area contributed by atoms with Crippen LogP contribution in [0.2, 0.25) is 0 Å². The number of aromatic nitrogens is 5. The summed E-state index contributed by atoms with van der Waals surface area (Å²) >= 11 is 0. The molecule has 0 atom stereocenters. The smallest absolute Gasteiger partial charge is 0.287 e. The van der Waals surface area contributed by atoms with Crippen molar-refractivity contribution in [3.8, 4) is 11.3 Å². The standard InChI is InChI=1S/C14H11N5O/c1-18-8-15-11-12(18)17-14-16-10(7-19(14)13(11)20)9-5-3-2-4-6-9/h2-8H,1H3,(H,16,17). The van der Waals surface area contributed by atoms with Crippen LogP contribution in [0, 0.1) is 0 Å². The molecule has 4 aromatic rings. The van der Waals surface area contributed by atoms with Gasteiger partial charge in [0.2, 0.25) is 5.78 Å². The zero-order valence-corrected chi connectivity index (χ0v) is 10.7. The first-order chi connectivity index (χ1) is 9.74. The molecule has 0 amide bonds. The Morgan fingerprint density at radius 2 is 2.00 bits per heavy atom. The molecule has 0 saturated carbocycles. The van der Waals surface area contributed by atoms with Gasteiger partial charge < -0.3 is 9.55 Å². The van der Waals surface area contributed by atoms with Crippen LogP contribution in [0.1, 0.15) is 0 Å². The topological polar surface area (TPSA) is 68.0 Å². The number of aryl methyl sites for hydroxylation is 1. The van der Waals surface area contributed by atoms with Crippen LogP contribution >= 0.6 is 0 Å². The largest absolute Gasteiger partial charge is 0.323 e. The van der Waals surface area contributed by atoms with Crippen LogP contribution in [-0.4, -0.2) is 23.9 Å². The highest BCUT2D eigenvalue weighted by atomic mass is 16.1. The van der Waals surface area contributed by atoms with E-state index in [2.05, 4.69) is 15.0 Å². The van der Waals surface area contributed by atoms with Gasteiger partial charge in [-0.2, -0.15) is 4.98 Å². The van der Waals surface area contributed by atoms with Gasteiger partial charge in [0, 0.05) is 13.2 Å². The lowest BCUT2D eigenvalue weighted by Crippen LogP contribution is -2.13. The molecule has 20 heavy (non-hydrogen) atoms. The molecule has 0 spiro atoms. The first-order valence-corrected chi connectivity index (χ1v) is 6.22. The van der Waals surface area contributed by atoms with Crippen molar-refractivity contribution < 1.29 is 0 Å². The lowest BCUT2D eigenvalue weighted by Gasteiger charge is -1.94. The zero-order chi connectivity index (χ0) is 13.7. The van der Waals surface area contributed by atoms with Gasteiger partial charge in [0.1, 0.15) is 0 Å². The summed E-state index contributed by atoms with van der Waals surface area (Å²) in [4.78, 5) is 24.1. The van der Waals surface area contributed by atoms with Crippen LogP contribution in [0.25, 0.3) is 28.2 Å². The average molecular weight is 265 g/mol. The van der Waals surface area contributed by atoms with Crippen molar-refractivity contribution in [1.82, 2.24) is 23.9 Å². The Hall–Kier alpha value is -2.89. The molecular formula is C14H11N5O. The van der Waals surface area contributed by atoms with Crippen LogP contribution < -0.4 is 5.56 Å². The summed E-state index contributed by atoms with van der Waals surface area (Å²) in [5.74, 6) is 0.518. The molecule has 3 aromatic heterocycles. The highest BCUT2D eigenvalue weighted by molar-refractivity contribution is 5.72. The van der Waals surface area contributed by atoms with E-state index >= 15 is 0 Å². The van der Waals surface area contributed by atoms with Gasteiger partial charge in [0.25, 0.3) is 5.56 Å². The van der Waals surface area contributed by atoms with E-state index in [1.54, 1.807) is 17.1 Å². The van der Waals surface area contributed by atoms with Crippen LogP contribution in [-0.2, 0) is 7.05 Å². The second-order valence-electron chi connectivity index (χ2n) is 4.67. The van der Waals surface area contributed by atoms with Gasteiger partial charge >= 0.3 is 0 Å². The number of rotatable bonds is 1. The number of nitrogens with one attached hydrogen (secondary N) is 1. The summed E-state index contributed by atoms with van der Waals surface area (Å²) in [7, 11) is 1.82. The number of hydrogen-bond acceptors (Lipinski definition) is 3. The maximum absolute atomic E-state index is 12.4. The number of imidazole rings is 2. The Morgan fingerprint density at radius 1 is 1.20 bits per heavy atom. The van der Waals surface area contributed by atoms with Crippen LogP contribution in [0.3, 0.4) is 0 Å². The molecule has 0 saturated heterocycles. The van der Waals surface area contributed by atoms with Gasteiger partial charge in [0.15, 0.2) is 11.2 Å². The van der Waals surface area contributed by atoms with Gasteiger partial charge in [-0.05, 0) is 5.56 Å². The second-order valence-corrected chi connectivity index (χ2v) is 4.67. The van der Waals surface area contributed by atoms with Crippen molar-refractivity contribution in [3.05, 3.63) is 53.2 Å². The number of hydrogen-bond donors (Lipinski definition) is 1. The molecule has 0 unspecified atom stereocenters. The Labute approximate surface area is 113 Å². The maximum atomic E-state index is 12.4. The number of H-pyrrole nitrogens is 1. The molecule has 6 nitrogen and oxygen atoms in total. The van der Waals surface area contributed by atoms with E-state index < -0.39 is 0 Å². The summed E-state index contributed by atoms with van der Waals surface area (Å²) in [5.41, 5.74) is 2.66. The van der Waals surface area contributed by atoms with E-state index in [0.29, 0.717) is 16.9 Å². The van der Waals surface area contributed by atoms with Crippen LogP contribution in [0.4, 0.5) is 0 Å². The summed E-state index contributed by atoms with van der Waals surface area (Å²) < 4.78 is 3.23. The average Bonchev–Trinajstić information content (AvgIpc) is 3.06. The van der Waals surface area contributed by atoms with E-state index in [9.17, 15) is 4.79 Å². The molecule has 0 radical (unpaired) electrons. The molecule has 6 heteroatoms. The van der Waals surface area contributed by atoms with E-state index in [1.165, 1.54) is 4.40 Å². The Bertz CT molecular complexity index is 977. The fraction of sp³-hybridized carbons (Fsp3) is 0.0714. The summed E-state index contributed by atoms with van der Waals surface area (Å²) in [6, 6.07) is 9.82. The highest BCUT2D eigenvalue weighted by Gasteiger charge is 2.12. The highest BCUT2D eigenvalue weighted by Crippen LogP contribution is 2.17. The van der Waals surface area contributed by atoms with Crippen molar-refractivity contribution in [3.63, 3.8) is 0 Å². The number of fused-ring (bicyclic) bond motifs is 2. The third-order valence-corrected chi connectivity index (χ3v) is 3.36. The summed E-state index contributed by atoms with van der Waals surface area (Å²) in [5, 5.41) is 0. The molecular weight excluding hydrogens is 254 g/mol. The number of nitrogens with zero attached hydrogens (tertiary/aromatic N) is 4. The van der Waals surface area contributed by atoms with Crippen molar-refractivity contribution in [2.24, 2.45) is 7.05 Å². The predicted octanol–water partition coefficient (Wildman–Crippen LogP) is 1.58. The van der Waals surface area contributed by atoms with E-state index in [-0.39, 0.29) is 5.56 Å². The van der Waals surface area contributed by atoms with E-state index in [0.717, 1.165) is 11.3 Å². The lowest BCUT2D eigenvalue weighted by atomic mass is 10.2. The minimum atomic E-state index is -0.163. The summed E-state index contributed by atoms with van der Waals surface area (Å²) in [6.07, 6.45) is 3.35. The van der Waals surface area contributed by atoms with Crippen LogP contribution in [0.5, 0.6) is 0 Å². The minimum absolute atomic E-state index is 0.163. The Kier molecular flexibility index (Phi) is 2.09. The van der Waals surface area contributed by atoms with Crippen molar-refractivity contribution in [2.45, 2.75) is 0 Å². The number of aromatic amines is 1. The first kappa shape index (κ1) is 11.0. The third-order valence-electron chi connectivity index (χ3n) is 3.36. The van der Waals surface area contributed by atoms with Gasteiger partial charge in [0.05, 0.1) is 12.0 Å². The van der Waals surface area contributed by atoms with Gasteiger partial charge in [-0.15, -0.1) is 0 Å². The molecule has 98 valence electrons. The fourth-order valence-corrected chi connectivity index (χ4v) is 2.33. The molecule has 0 bridgehead atoms. The number of benzene rings is 1. The quantitative estimate of drug-likeness (QED) is 0.568. The lowest BCUT2D eigenvalue weighted by molar-refractivity contribution is 0.928. The van der Waals surface area contributed by atoms with E-state index in [1.807, 2.05) is 37.4 Å². The Balaban J connectivity index is 2.07. The van der Waals surface area contributed by atoms with Gasteiger partial charge in [-0.3, -0.25) is 4.79 Å². The Morgan fingerprint density at radius 3 is 2.80 bits per heavy atom. The zero-order valence-electron chi connectivity index (χ0n) is 10.7. The first-order valence-electron chi connectivity index (χ1n) is 6.22. The van der Waals surface area contributed by atoms with Gasteiger partial charge in [-0.25, -0.2) is 9.38 Å². The van der Waals surface area contributed by atoms with Crippen molar-refractivity contribution in [2.75, 3.05) is 0 Å². The molecule has 0 fully saturated rings. The van der Waals surface area contributed by atoms with Gasteiger partial charge in [-0.1, -0.05) is 30.3 Å². The van der Waals surface area contributed by atoms with Crippen molar-refractivity contribution >= 4 is 16.9 Å². The second kappa shape index (κ2) is 3.80. The molecule has 1 aromatic carbocycles. The van der Waals surface area contributed by atoms with E-state index in [4.69, 9.17) is 0 Å². The maximum Gasteiger partial charge on any atom is 0.287 e. The molecule has 0 aliphatic rings. The molecule has 3 heterocycles. The molecule has 4 rings (SSSR count). The SMILES string of the molecule is Cn1cnc2c(=O)n3cc(-c4ccccc4)[nH]c3nc21. The van der Waals surface area contributed by atoms with Crippen molar-refractivity contribution in [1.29, 1.82) is 0 Å². The summed E-state index contributed by atoms with van der Waals surface area (Å²) in [6.45, 7) is 0. The fourth-order valence-electron chi connectivity index (χ4n) is 2.33. The third kappa shape index (κ3) is 1.41. The monoisotopic (exact) mass is 265 g/mol.